The van der Waals surface area contributed by atoms with Crippen molar-refractivity contribution in [3.63, 3.8) is 0 Å². The Hall–Kier alpha value is -0.990. The summed E-state index contributed by atoms with van der Waals surface area (Å²) in [6.45, 7) is 4.41. The summed E-state index contributed by atoms with van der Waals surface area (Å²) in [4.78, 5) is 6.91. The van der Waals surface area contributed by atoms with Crippen LogP contribution in [0.5, 0.6) is 5.88 Å². The topological polar surface area (TPSA) is 48.9 Å². The van der Waals surface area contributed by atoms with Gasteiger partial charge in [0.2, 0.25) is 5.88 Å². The van der Waals surface area contributed by atoms with E-state index < -0.39 is 0 Å². The van der Waals surface area contributed by atoms with Crippen LogP contribution in [0.3, 0.4) is 0 Å². The van der Waals surface area contributed by atoms with Gasteiger partial charge in [-0.2, -0.15) is 0 Å². The Labute approximate surface area is 65.5 Å². The predicted molar refractivity (Wildman–Crippen MR) is 41.4 cm³/mol. The third kappa shape index (κ3) is 1.00. The van der Waals surface area contributed by atoms with Crippen molar-refractivity contribution < 1.29 is 5.11 Å². The molecule has 1 aromatic heterocycles. The zero-order valence-electron chi connectivity index (χ0n) is 6.76. The molecule has 1 aromatic rings. The van der Waals surface area contributed by atoms with Gasteiger partial charge in [-0.25, -0.2) is 4.98 Å². The van der Waals surface area contributed by atoms with E-state index in [9.17, 15) is 0 Å². The van der Waals surface area contributed by atoms with Crippen LogP contribution in [0.25, 0.3) is 0 Å². The van der Waals surface area contributed by atoms with Crippen molar-refractivity contribution in [1.82, 2.24) is 9.97 Å². The summed E-state index contributed by atoms with van der Waals surface area (Å²) in [6, 6.07) is 0. The van der Waals surface area contributed by atoms with Crippen molar-refractivity contribution >= 4 is 0 Å². The molecule has 0 amide bonds. The number of aromatic nitrogens is 2. The van der Waals surface area contributed by atoms with Crippen LogP contribution in [0.1, 0.15) is 32.0 Å². The van der Waals surface area contributed by atoms with Crippen LogP contribution >= 0.6 is 0 Å². The SMILES string of the molecule is CC1(C)CC1c1ncc(O)[nH]1. The molecule has 2 N–H and O–H groups in total. The Bertz CT molecular complexity index is 277. The third-order valence-electron chi connectivity index (χ3n) is 2.43. The highest BCUT2D eigenvalue weighted by atomic mass is 16.3. The summed E-state index contributed by atoms with van der Waals surface area (Å²) < 4.78 is 0. The fourth-order valence-electron chi connectivity index (χ4n) is 1.44. The minimum atomic E-state index is 0.169. The van der Waals surface area contributed by atoms with Crippen LogP contribution < -0.4 is 0 Å². The summed E-state index contributed by atoms with van der Waals surface area (Å²) in [5.41, 5.74) is 0.379. The number of H-pyrrole nitrogens is 1. The van der Waals surface area contributed by atoms with Gasteiger partial charge in [-0.1, -0.05) is 13.8 Å². The standard InChI is InChI=1S/C8H12N2O/c1-8(2)3-5(8)7-9-4-6(11)10-7/h4-5,11H,3H2,1-2H3,(H,9,10). The first kappa shape index (κ1) is 6.70. The van der Waals surface area contributed by atoms with Crippen LogP contribution in [0, 0.1) is 5.41 Å². The van der Waals surface area contributed by atoms with Crippen LogP contribution in [0.2, 0.25) is 0 Å². The molecule has 3 nitrogen and oxygen atoms in total. The summed E-state index contributed by atoms with van der Waals surface area (Å²) in [7, 11) is 0. The normalized spacial score (nSPS) is 26.9. The fraction of sp³-hybridized carbons (Fsp3) is 0.625. The molecule has 1 aliphatic rings. The second-order valence-corrected chi connectivity index (χ2v) is 3.90. The summed E-state index contributed by atoms with van der Waals surface area (Å²) >= 11 is 0. The molecule has 1 aliphatic carbocycles. The minimum Gasteiger partial charge on any atom is -0.493 e. The van der Waals surface area contributed by atoms with Crippen molar-refractivity contribution in [3.8, 4) is 5.88 Å². The molecule has 0 bridgehead atoms. The number of imidazole rings is 1. The smallest absolute Gasteiger partial charge is 0.208 e. The molecule has 1 unspecified atom stereocenters. The summed E-state index contributed by atoms with van der Waals surface area (Å²) in [5.74, 6) is 1.61. The maximum absolute atomic E-state index is 8.98. The first-order chi connectivity index (χ1) is 5.09. The van der Waals surface area contributed by atoms with Gasteiger partial charge in [0, 0.05) is 5.92 Å². The van der Waals surface area contributed by atoms with E-state index in [-0.39, 0.29) is 5.88 Å². The lowest BCUT2D eigenvalue weighted by Crippen LogP contribution is -1.91. The fourth-order valence-corrected chi connectivity index (χ4v) is 1.44. The molecule has 0 spiro atoms. The number of hydrogen-bond donors (Lipinski definition) is 2. The van der Waals surface area contributed by atoms with E-state index >= 15 is 0 Å². The average Bonchev–Trinajstić information content (AvgIpc) is 2.39. The van der Waals surface area contributed by atoms with Crippen LogP contribution in [-0.2, 0) is 0 Å². The number of nitrogens with zero attached hydrogens (tertiary/aromatic N) is 1. The minimum absolute atomic E-state index is 0.169. The molecular weight excluding hydrogens is 140 g/mol. The highest BCUT2D eigenvalue weighted by Crippen LogP contribution is 2.57. The lowest BCUT2D eigenvalue weighted by molar-refractivity contribution is 0.454. The van der Waals surface area contributed by atoms with Gasteiger partial charge in [0.25, 0.3) is 0 Å². The second kappa shape index (κ2) is 1.78. The van der Waals surface area contributed by atoms with Gasteiger partial charge in [0.1, 0.15) is 5.82 Å². The van der Waals surface area contributed by atoms with Gasteiger partial charge in [-0.3, -0.25) is 0 Å². The molecule has 0 saturated heterocycles. The highest BCUT2D eigenvalue weighted by molar-refractivity contribution is 5.18. The Kier molecular flexibility index (Phi) is 1.09. The van der Waals surface area contributed by atoms with Crippen molar-refractivity contribution in [2.45, 2.75) is 26.2 Å². The quantitative estimate of drug-likeness (QED) is 0.642. The van der Waals surface area contributed by atoms with Crippen molar-refractivity contribution in [2.75, 3.05) is 0 Å². The van der Waals surface area contributed by atoms with E-state index in [1.54, 1.807) is 0 Å². The van der Waals surface area contributed by atoms with Gasteiger partial charge in [0.05, 0.1) is 6.20 Å². The number of rotatable bonds is 1. The molecule has 60 valence electrons. The zero-order chi connectivity index (χ0) is 8.06. The number of hydrogen-bond acceptors (Lipinski definition) is 2. The first-order valence-corrected chi connectivity index (χ1v) is 3.83. The number of nitrogens with one attached hydrogen (secondary N) is 1. The van der Waals surface area contributed by atoms with E-state index in [4.69, 9.17) is 5.11 Å². The lowest BCUT2D eigenvalue weighted by Gasteiger charge is -1.97. The van der Waals surface area contributed by atoms with Gasteiger partial charge in [-0.05, 0) is 11.8 Å². The molecule has 2 rings (SSSR count). The maximum Gasteiger partial charge on any atom is 0.208 e. The molecule has 1 saturated carbocycles. The third-order valence-corrected chi connectivity index (χ3v) is 2.43. The van der Waals surface area contributed by atoms with Crippen LogP contribution in [0.15, 0.2) is 6.20 Å². The van der Waals surface area contributed by atoms with Gasteiger partial charge < -0.3 is 10.1 Å². The molecule has 0 aromatic carbocycles. The van der Waals surface area contributed by atoms with E-state index in [0.29, 0.717) is 11.3 Å². The second-order valence-electron chi connectivity index (χ2n) is 3.90. The molecule has 0 aliphatic heterocycles. The number of aromatic hydroxyl groups is 1. The molecular formula is C8H12N2O. The van der Waals surface area contributed by atoms with Crippen LogP contribution in [0.4, 0.5) is 0 Å². The molecule has 11 heavy (non-hydrogen) atoms. The van der Waals surface area contributed by atoms with E-state index in [2.05, 4.69) is 23.8 Å². The van der Waals surface area contributed by atoms with E-state index in [0.717, 1.165) is 5.82 Å². The summed E-state index contributed by atoms with van der Waals surface area (Å²) in [5, 5.41) is 8.98. The van der Waals surface area contributed by atoms with Gasteiger partial charge in [0.15, 0.2) is 0 Å². The largest absolute Gasteiger partial charge is 0.493 e. The first-order valence-electron chi connectivity index (χ1n) is 3.83. The molecule has 1 heterocycles. The van der Waals surface area contributed by atoms with Crippen molar-refractivity contribution in [1.29, 1.82) is 0 Å². The maximum atomic E-state index is 8.98. The molecule has 3 heteroatoms. The molecule has 0 radical (unpaired) electrons. The number of aromatic amines is 1. The predicted octanol–water partition coefficient (Wildman–Crippen LogP) is 1.63. The summed E-state index contributed by atoms with van der Waals surface area (Å²) in [6.07, 6.45) is 2.63. The zero-order valence-corrected chi connectivity index (χ0v) is 6.76. The Morgan fingerprint density at radius 1 is 1.73 bits per heavy atom. The highest BCUT2D eigenvalue weighted by Gasteiger charge is 2.48. The van der Waals surface area contributed by atoms with Crippen LogP contribution in [-0.4, -0.2) is 15.1 Å². The Morgan fingerprint density at radius 3 is 2.73 bits per heavy atom. The lowest BCUT2D eigenvalue weighted by atomic mass is 10.1. The van der Waals surface area contributed by atoms with Gasteiger partial charge >= 0.3 is 0 Å². The average molecular weight is 152 g/mol. The van der Waals surface area contributed by atoms with Crippen molar-refractivity contribution in [3.05, 3.63) is 12.0 Å². The molecule has 1 atom stereocenters. The Balaban J connectivity index is 2.20. The van der Waals surface area contributed by atoms with Crippen molar-refractivity contribution in [2.24, 2.45) is 5.41 Å². The van der Waals surface area contributed by atoms with E-state index in [1.165, 1.54) is 12.6 Å². The van der Waals surface area contributed by atoms with Gasteiger partial charge in [-0.15, -0.1) is 0 Å². The molecule has 1 fully saturated rings. The van der Waals surface area contributed by atoms with E-state index in [1.807, 2.05) is 0 Å². The monoisotopic (exact) mass is 152 g/mol. The Morgan fingerprint density at radius 2 is 2.36 bits per heavy atom.